The van der Waals surface area contributed by atoms with Gasteiger partial charge in [0.15, 0.2) is 18.7 Å². The maximum absolute atomic E-state index is 11.6. The average molecular weight is 467 g/mol. The summed E-state index contributed by atoms with van der Waals surface area (Å²) in [4.78, 5) is 23.0. The van der Waals surface area contributed by atoms with Crippen LogP contribution in [0.3, 0.4) is 0 Å². The number of carboxylic acids is 1. The van der Waals surface area contributed by atoms with Crippen molar-refractivity contribution >= 4 is 11.9 Å². The first-order valence-corrected chi connectivity index (χ1v) is 10.5. The Bertz CT molecular complexity index is 621. The quantitative estimate of drug-likeness (QED) is 0.183. The summed E-state index contributed by atoms with van der Waals surface area (Å²) in [7, 11) is 0. The molecule has 0 saturated carbocycles. The highest BCUT2D eigenvalue weighted by atomic mass is 16.8. The van der Waals surface area contributed by atoms with Gasteiger partial charge in [0.05, 0.1) is 19.3 Å². The third kappa shape index (κ3) is 6.56. The standard InChI is InChI=1S/C19H33NO12/c1-4-5-28-6-7-29-19-16(14(25)13(24)15(31-19)17(26)27)32-18-10(20-9(3)21)12(23)11(22)8(2)30-18/h8,10-16,18-19,22-25H,4-7H2,1-3H3,(H,20,21)(H,26,27)/t8?,10?,11-,12-,13+,14+,15?,16?,18+,19-/m1/s1. The van der Waals surface area contributed by atoms with E-state index in [1.807, 2.05) is 6.92 Å². The molecule has 10 atom stereocenters. The summed E-state index contributed by atoms with van der Waals surface area (Å²) in [5.41, 5.74) is 0. The van der Waals surface area contributed by atoms with Gasteiger partial charge < -0.3 is 54.5 Å². The molecule has 32 heavy (non-hydrogen) atoms. The van der Waals surface area contributed by atoms with E-state index >= 15 is 0 Å². The smallest absolute Gasteiger partial charge is 0.335 e. The van der Waals surface area contributed by atoms with Crippen molar-refractivity contribution in [3.8, 4) is 0 Å². The summed E-state index contributed by atoms with van der Waals surface area (Å²) in [6.45, 7) is 5.20. The Morgan fingerprint density at radius 1 is 0.938 bits per heavy atom. The van der Waals surface area contributed by atoms with Crippen molar-refractivity contribution < 1.29 is 58.8 Å². The molecule has 6 N–H and O–H groups in total. The fourth-order valence-electron chi connectivity index (χ4n) is 3.48. The second-order valence-electron chi connectivity index (χ2n) is 7.75. The lowest BCUT2D eigenvalue weighted by Gasteiger charge is -2.46. The van der Waals surface area contributed by atoms with Crippen molar-refractivity contribution in [3.63, 3.8) is 0 Å². The topological polar surface area (TPSA) is 193 Å². The molecule has 2 rings (SSSR count). The maximum Gasteiger partial charge on any atom is 0.335 e. The van der Waals surface area contributed by atoms with E-state index in [0.717, 1.165) is 6.42 Å². The van der Waals surface area contributed by atoms with Gasteiger partial charge in [0.1, 0.15) is 36.6 Å². The van der Waals surface area contributed by atoms with Gasteiger partial charge in [0.25, 0.3) is 0 Å². The summed E-state index contributed by atoms with van der Waals surface area (Å²) < 4.78 is 27.4. The molecule has 0 radical (unpaired) electrons. The summed E-state index contributed by atoms with van der Waals surface area (Å²) in [6.07, 6.45) is -12.6. The lowest BCUT2D eigenvalue weighted by Crippen LogP contribution is -2.67. The summed E-state index contributed by atoms with van der Waals surface area (Å²) in [5, 5.41) is 52.9. The first-order chi connectivity index (χ1) is 15.1. The van der Waals surface area contributed by atoms with Crippen LogP contribution in [0.4, 0.5) is 0 Å². The number of nitrogens with one attached hydrogen (secondary N) is 1. The molecule has 0 bridgehead atoms. The molecule has 2 heterocycles. The Hall–Kier alpha value is -1.42. The normalized spacial score (nSPS) is 40.1. The largest absolute Gasteiger partial charge is 0.479 e. The highest BCUT2D eigenvalue weighted by molar-refractivity contribution is 5.73. The number of ether oxygens (including phenoxy) is 5. The predicted octanol–water partition coefficient (Wildman–Crippen LogP) is -2.68. The molecule has 2 saturated heterocycles. The van der Waals surface area contributed by atoms with Gasteiger partial charge in [-0.25, -0.2) is 4.79 Å². The highest BCUT2D eigenvalue weighted by Gasteiger charge is 2.52. The molecule has 0 aromatic heterocycles. The minimum absolute atomic E-state index is 0.0297. The van der Waals surface area contributed by atoms with Crippen molar-refractivity contribution in [1.29, 1.82) is 0 Å². The van der Waals surface area contributed by atoms with Gasteiger partial charge in [-0.1, -0.05) is 6.92 Å². The van der Waals surface area contributed by atoms with E-state index in [1.165, 1.54) is 13.8 Å². The van der Waals surface area contributed by atoms with Gasteiger partial charge in [0.2, 0.25) is 5.91 Å². The molecule has 0 aromatic carbocycles. The second-order valence-corrected chi connectivity index (χ2v) is 7.75. The Morgan fingerprint density at radius 2 is 1.62 bits per heavy atom. The maximum atomic E-state index is 11.6. The first kappa shape index (κ1) is 26.8. The molecule has 186 valence electrons. The fourth-order valence-corrected chi connectivity index (χ4v) is 3.48. The van der Waals surface area contributed by atoms with Crippen LogP contribution in [0, 0.1) is 0 Å². The molecule has 13 nitrogen and oxygen atoms in total. The van der Waals surface area contributed by atoms with Gasteiger partial charge in [-0.15, -0.1) is 0 Å². The summed E-state index contributed by atoms with van der Waals surface area (Å²) in [6, 6.07) is -1.23. The number of amides is 1. The molecular weight excluding hydrogens is 434 g/mol. The van der Waals surface area contributed by atoms with Gasteiger partial charge in [0, 0.05) is 13.5 Å². The molecular formula is C19H33NO12. The van der Waals surface area contributed by atoms with Gasteiger partial charge in [-0.2, -0.15) is 0 Å². The Morgan fingerprint density at radius 3 is 2.22 bits per heavy atom. The number of hydrogen-bond donors (Lipinski definition) is 6. The lowest BCUT2D eigenvalue weighted by molar-refractivity contribution is -0.349. The zero-order valence-electron chi connectivity index (χ0n) is 18.2. The van der Waals surface area contributed by atoms with Crippen LogP contribution in [-0.4, -0.2) is 119 Å². The van der Waals surface area contributed by atoms with Crippen molar-refractivity contribution in [2.45, 2.75) is 88.5 Å². The Kier molecular flexibility index (Phi) is 10.2. The third-order valence-corrected chi connectivity index (χ3v) is 5.15. The number of aliphatic hydroxyl groups is 4. The third-order valence-electron chi connectivity index (χ3n) is 5.15. The predicted molar refractivity (Wildman–Crippen MR) is 104 cm³/mol. The second kappa shape index (κ2) is 12.2. The van der Waals surface area contributed by atoms with Crippen LogP contribution in [0.1, 0.15) is 27.2 Å². The van der Waals surface area contributed by atoms with E-state index < -0.39 is 73.2 Å². The number of carbonyl (C=O) groups excluding carboxylic acids is 1. The Labute approximate surface area is 185 Å². The fraction of sp³-hybridized carbons (Fsp3) is 0.895. The van der Waals surface area contributed by atoms with E-state index in [2.05, 4.69) is 5.32 Å². The van der Waals surface area contributed by atoms with Crippen LogP contribution >= 0.6 is 0 Å². The van der Waals surface area contributed by atoms with Crippen LogP contribution in [0.5, 0.6) is 0 Å². The SMILES string of the molecule is CCCOCCO[C@@H]1OC(C(=O)O)[C@@H](O)[C@H](O)C1O[C@@H]1OC(C)[C@@H](O)[C@H](O)C1NC(C)=O. The van der Waals surface area contributed by atoms with Crippen molar-refractivity contribution in [1.82, 2.24) is 5.32 Å². The first-order valence-electron chi connectivity index (χ1n) is 10.5. The van der Waals surface area contributed by atoms with Crippen LogP contribution in [0.25, 0.3) is 0 Å². The van der Waals surface area contributed by atoms with E-state index in [4.69, 9.17) is 23.7 Å². The van der Waals surface area contributed by atoms with Crippen LogP contribution in [-0.2, 0) is 33.3 Å². The molecule has 4 unspecified atom stereocenters. The number of carboxylic acid groups (broad SMARTS) is 1. The van der Waals surface area contributed by atoms with E-state index in [9.17, 15) is 35.1 Å². The molecule has 0 aromatic rings. The minimum atomic E-state index is -1.86. The van der Waals surface area contributed by atoms with Crippen LogP contribution < -0.4 is 5.32 Å². The zero-order chi connectivity index (χ0) is 24.0. The van der Waals surface area contributed by atoms with Crippen LogP contribution in [0.2, 0.25) is 0 Å². The average Bonchev–Trinajstić information content (AvgIpc) is 2.73. The molecule has 0 aliphatic carbocycles. The van der Waals surface area contributed by atoms with E-state index in [-0.39, 0.29) is 13.2 Å². The van der Waals surface area contributed by atoms with Crippen molar-refractivity contribution in [2.75, 3.05) is 19.8 Å². The van der Waals surface area contributed by atoms with Gasteiger partial charge in [-0.3, -0.25) is 4.79 Å². The van der Waals surface area contributed by atoms with Gasteiger partial charge >= 0.3 is 5.97 Å². The molecule has 0 spiro atoms. The number of rotatable bonds is 10. The van der Waals surface area contributed by atoms with E-state index in [0.29, 0.717) is 6.61 Å². The molecule has 1 amide bonds. The highest BCUT2D eigenvalue weighted by Crippen LogP contribution is 2.29. The minimum Gasteiger partial charge on any atom is -0.479 e. The Balaban J connectivity index is 2.20. The zero-order valence-corrected chi connectivity index (χ0v) is 18.2. The van der Waals surface area contributed by atoms with Crippen molar-refractivity contribution in [3.05, 3.63) is 0 Å². The molecule has 13 heteroatoms. The molecule has 2 aliphatic heterocycles. The van der Waals surface area contributed by atoms with E-state index in [1.54, 1.807) is 0 Å². The molecule has 2 aliphatic rings. The van der Waals surface area contributed by atoms with Gasteiger partial charge in [-0.05, 0) is 13.3 Å². The van der Waals surface area contributed by atoms with Crippen LogP contribution in [0.15, 0.2) is 0 Å². The summed E-state index contributed by atoms with van der Waals surface area (Å²) in [5.74, 6) is -2.05. The van der Waals surface area contributed by atoms with Crippen molar-refractivity contribution in [2.24, 2.45) is 0 Å². The monoisotopic (exact) mass is 467 g/mol. The number of aliphatic hydroxyl groups excluding tert-OH is 4. The number of hydrogen-bond acceptors (Lipinski definition) is 11. The number of carbonyl (C=O) groups is 2. The summed E-state index contributed by atoms with van der Waals surface area (Å²) >= 11 is 0. The number of aliphatic carboxylic acids is 1. The molecule has 2 fully saturated rings. The lowest BCUT2D eigenvalue weighted by atomic mass is 9.96.